The third-order valence-electron chi connectivity index (χ3n) is 11.6. The van der Waals surface area contributed by atoms with E-state index in [4.69, 9.17) is 4.74 Å². The Morgan fingerprint density at radius 3 is 2.22 bits per heavy atom. The third kappa shape index (κ3) is 11.3. The standard InChI is InChI=1S/C40H60N6O8/c1-5-14-28-19-22-46(32(48)24-30(44-39(53)54-6-2)40(3)20-11-8-12-21-40)34(28)37(51)43-29(23-26-15-13-16-26)35(49)38(52)42-25-31(47)45-33(36(50)41-4)27-17-9-7-10-18-27/h7,9-10,17-18,26,28-30,33-34H,5-6,8,11-16,19-25H2,1-4H3,(H,41,50)(H,42,52)(H,43,51)(H,44,53)(H,45,47)/t28-,29?,30?,33?,34?/m0/s1. The molecule has 0 bridgehead atoms. The van der Waals surface area contributed by atoms with Crippen molar-refractivity contribution < 1.29 is 38.3 Å². The minimum absolute atomic E-state index is 0.0118. The van der Waals surface area contributed by atoms with Crippen LogP contribution >= 0.6 is 0 Å². The fourth-order valence-electron chi connectivity index (χ4n) is 8.21. The van der Waals surface area contributed by atoms with Gasteiger partial charge in [0.25, 0.3) is 5.91 Å². The quantitative estimate of drug-likeness (QED) is 0.141. The Kier molecular flexibility index (Phi) is 15.9. The average molecular weight is 753 g/mol. The number of carbonyl (C=O) groups excluding carboxylic acids is 7. The predicted octanol–water partition coefficient (Wildman–Crippen LogP) is 3.44. The fraction of sp³-hybridized carbons (Fsp3) is 0.675. The first kappa shape index (κ1) is 42.3. The van der Waals surface area contributed by atoms with Crippen molar-refractivity contribution in [3.63, 3.8) is 0 Å². The summed E-state index contributed by atoms with van der Waals surface area (Å²) in [6, 6.07) is 5.16. The number of benzene rings is 1. The van der Waals surface area contributed by atoms with E-state index in [9.17, 15) is 33.6 Å². The highest BCUT2D eigenvalue weighted by Crippen LogP contribution is 2.41. The number of likely N-dealkylation sites (tertiary alicyclic amines) is 1. The van der Waals surface area contributed by atoms with Gasteiger partial charge in [0.15, 0.2) is 0 Å². The van der Waals surface area contributed by atoms with Crippen LogP contribution in [0, 0.1) is 17.3 Å². The smallest absolute Gasteiger partial charge is 0.407 e. The Bertz CT molecular complexity index is 1480. The molecule has 14 heteroatoms. The van der Waals surface area contributed by atoms with Crippen LogP contribution in [0.3, 0.4) is 0 Å². The van der Waals surface area contributed by atoms with Gasteiger partial charge in [0, 0.05) is 26.1 Å². The molecule has 1 aromatic carbocycles. The lowest BCUT2D eigenvalue weighted by molar-refractivity contribution is -0.143. The number of rotatable bonds is 18. The summed E-state index contributed by atoms with van der Waals surface area (Å²) in [7, 11) is 1.45. The van der Waals surface area contributed by atoms with E-state index in [0.717, 1.165) is 57.8 Å². The molecule has 4 rings (SSSR count). The van der Waals surface area contributed by atoms with Gasteiger partial charge in [0.1, 0.15) is 12.1 Å². The number of ether oxygens (including phenoxy) is 1. The van der Waals surface area contributed by atoms with Gasteiger partial charge in [0.2, 0.25) is 29.4 Å². The van der Waals surface area contributed by atoms with Gasteiger partial charge in [-0.1, -0.05) is 89.1 Å². The van der Waals surface area contributed by atoms with E-state index in [1.54, 1.807) is 42.2 Å². The fourth-order valence-corrected chi connectivity index (χ4v) is 8.21. The topological polar surface area (TPSA) is 192 Å². The summed E-state index contributed by atoms with van der Waals surface area (Å²) in [5.74, 6) is -3.76. The van der Waals surface area contributed by atoms with Crippen LogP contribution in [0.25, 0.3) is 0 Å². The molecule has 14 nitrogen and oxygen atoms in total. The number of ketones is 1. The maximum atomic E-state index is 14.2. The Morgan fingerprint density at radius 2 is 1.61 bits per heavy atom. The van der Waals surface area contributed by atoms with Crippen molar-refractivity contribution in [3.05, 3.63) is 35.9 Å². The Morgan fingerprint density at radius 1 is 0.907 bits per heavy atom. The van der Waals surface area contributed by atoms with Crippen molar-refractivity contribution in [3.8, 4) is 0 Å². The minimum Gasteiger partial charge on any atom is -0.450 e. The van der Waals surface area contributed by atoms with Gasteiger partial charge in [-0.05, 0) is 61.8 Å². The lowest BCUT2D eigenvalue weighted by Gasteiger charge is -2.41. The number of nitrogens with zero attached hydrogens (tertiary/aromatic N) is 1. The Labute approximate surface area is 319 Å². The molecule has 3 aliphatic rings. The maximum absolute atomic E-state index is 14.2. The van der Waals surface area contributed by atoms with Gasteiger partial charge in [0.05, 0.1) is 19.2 Å². The summed E-state index contributed by atoms with van der Waals surface area (Å²) in [4.78, 5) is 94.8. The number of alkyl carbamates (subject to hydrolysis) is 1. The molecule has 6 amide bonds. The van der Waals surface area contributed by atoms with E-state index in [-0.39, 0.29) is 42.6 Å². The van der Waals surface area contributed by atoms with E-state index in [1.165, 1.54) is 7.05 Å². The molecule has 0 spiro atoms. The highest BCUT2D eigenvalue weighted by Gasteiger charge is 2.45. The molecule has 54 heavy (non-hydrogen) atoms. The van der Waals surface area contributed by atoms with E-state index in [2.05, 4.69) is 33.5 Å². The van der Waals surface area contributed by atoms with Crippen molar-refractivity contribution in [2.24, 2.45) is 17.3 Å². The highest BCUT2D eigenvalue weighted by molar-refractivity contribution is 6.38. The molecule has 3 fully saturated rings. The lowest BCUT2D eigenvalue weighted by Crippen LogP contribution is -2.56. The van der Waals surface area contributed by atoms with Crippen LogP contribution in [0.4, 0.5) is 4.79 Å². The first-order valence-corrected chi connectivity index (χ1v) is 19.8. The van der Waals surface area contributed by atoms with Gasteiger partial charge >= 0.3 is 6.09 Å². The normalized spacial score (nSPS) is 21.0. The number of hydrogen-bond acceptors (Lipinski definition) is 8. The zero-order chi connectivity index (χ0) is 39.3. The third-order valence-corrected chi connectivity index (χ3v) is 11.6. The van der Waals surface area contributed by atoms with Crippen LogP contribution in [-0.4, -0.2) is 91.2 Å². The van der Waals surface area contributed by atoms with Crippen LogP contribution in [0.1, 0.15) is 116 Å². The van der Waals surface area contributed by atoms with Gasteiger partial charge < -0.3 is 36.2 Å². The summed E-state index contributed by atoms with van der Waals surface area (Å²) in [6.45, 7) is 5.85. The molecule has 4 unspecified atom stereocenters. The van der Waals surface area contributed by atoms with E-state index in [1.807, 2.05) is 6.92 Å². The number of likely N-dealkylation sites (N-methyl/N-ethyl adjacent to an activating group) is 1. The predicted molar refractivity (Wildman–Crippen MR) is 202 cm³/mol. The van der Waals surface area contributed by atoms with Crippen LogP contribution in [0.5, 0.6) is 0 Å². The monoisotopic (exact) mass is 752 g/mol. The number of Topliss-reactive ketones (excluding diaryl/α,β-unsaturated/α-hetero) is 1. The molecule has 0 radical (unpaired) electrons. The molecular weight excluding hydrogens is 692 g/mol. The first-order valence-electron chi connectivity index (χ1n) is 19.8. The minimum atomic E-state index is -1.15. The highest BCUT2D eigenvalue weighted by atomic mass is 16.5. The molecule has 0 aromatic heterocycles. The van der Waals surface area contributed by atoms with Crippen molar-refractivity contribution in [1.82, 2.24) is 31.5 Å². The van der Waals surface area contributed by atoms with Crippen molar-refractivity contribution in [2.75, 3.05) is 26.7 Å². The summed E-state index contributed by atoms with van der Waals surface area (Å²) in [6.07, 6.45) is 9.33. The average Bonchev–Trinajstić information content (AvgIpc) is 3.57. The molecular formula is C40H60N6O8. The molecule has 1 heterocycles. The molecule has 2 saturated carbocycles. The van der Waals surface area contributed by atoms with Crippen LogP contribution in [0.15, 0.2) is 30.3 Å². The molecule has 1 aromatic rings. The van der Waals surface area contributed by atoms with Gasteiger partial charge in [-0.15, -0.1) is 0 Å². The molecule has 298 valence electrons. The first-order chi connectivity index (χ1) is 25.9. The van der Waals surface area contributed by atoms with E-state index in [0.29, 0.717) is 24.9 Å². The lowest BCUT2D eigenvalue weighted by atomic mass is 9.69. The van der Waals surface area contributed by atoms with Crippen molar-refractivity contribution in [2.45, 2.75) is 128 Å². The summed E-state index contributed by atoms with van der Waals surface area (Å²) < 4.78 is 5.19. The second-order valence-electron chi connectivity index (χ2n) is 15.4. The Hall–Kier alpha value is -4.49. The molecule has 1 saturated heterocycles. The van der Waals surface area contributed by atoms with Crippen LogP contribution < -0.4 is 26.6 Å². The molecule has 2 aliphatic carbocycles. The maximum Gasteiger partial charge on any atom is 0.407 e. The second kappa shape index (κ2) is 20.3. The van der Waals surface area contributed by atoms with Gasteiger partial charge in [-0.2, -0.15) is 0 Å². The summed E-state index contributed by atoms with van der Waals surface area (Å²) in [5.41, 5.74) is 0.238. The molecule has 5 N–H and O–H groups in total. The SMILES string of the molecule is CCC[C@H]1CCN(C(=O)CC(NC(=O)OCC)C2(C)CCCCC2)C1C(=O)NC(CC1CCC1)C(=O)C(=O)NCC(=O)NC(C(=O)NC)c1ccccc1. The van der Waals surface area contributed by atoms with Crippen LogP contribution in [0.2, 0.25) is 0 Å². The number of amides is 6. The molecule has 5 atom stereocenters. The Balaban J connectivity index is 1.46. The number of hydrogen-bond donors (Lipinski definition) is 5. The summed E-state index contributed by atoms with van der Waals surface area (Å²) >= 11 is 0. The second-order valence-corrected chi connectivity index (χ2v) is 15.4. The zero-order valence-electron chi connectivity index (χ0n) is 32.4. The van der Waals surface area contributed by atoms with Crippen LogP contribution in [-0.2, 0) is 33.5 Å². The van der Waals surface area contributed by atoms with E-state index < -0.39 is 66.2 Å². The van der Waals surface area contributed by atoms with E-state index >= 15 is 0 Å². The number of nitrogens with one attached hydrogen (secondary N) is 5. The van der Waals surface area contributed by atoms with Crippen molar-refractivity contribution in [1.29, 1.82) is 0 Å². The number of carbonyl (C=O) groups is 7. The molecule has 1 aliphatic heterocycles. The largest absolute Gasteiger partial charge is 0.450 e. The summed E-state index contributed by atoms with van der Waals surface area (Å²) in [5, 5.41) is 13.3. The zero-order valence-corrected chi connectivity index (χ0v) is 32.4. The van der Waals surface area contributed by atoms with Gasteiger partial charge in [-0.25, -0.2) is 4.79 Å². The van der Waals surface area contributed by atoms with Crippen molar-refractivity contribution >= 4 is 41.4 Å². The van der Waals surface area contributed by atoms with Gasteiger partial charge in [-0.3, -0.25) is 28.8 Å².